The quantitative estimate of drug-likeness (QED) is 0.614. The number of carbonyl (C=O) groups excluding carboxylic acids is 1. The summed E-state index contributed by atoms with van der Waals surface area (Å²) in [5.74, 6) is -0.0827. The van der Waals surface area contributed by atoms with E-state index in [1.807, 2.05) is 0 Å². The Bertz CT molecular complexity index is 324. The highest BCUT2D eigenvalue weighted by Gasteiger charge is 2.19. The minimum absolute atomic E-state index is 0.0353. The minimum Gasteiger partial charge on any atom is -0.389 e. The number of thiophene rings is 1. The standard InChI is InChI=1S/C9H11ClO3S/c1-5(11)8-2-6(4-14-8)9(13)7(12)3-10/h2,4,7,9,12-13H,3H2,1H3. The van der Waals surface area contributed by atoms with Crippen molar-refractivity contribution in [3.63, 3.8) is 0 Å². The number of alkyl halides is 1. The highest BCUT2D eigenvalue weighted by molar-refractivity contribution is 7.12. The lowest BCUT2D eigenvalue weighted by Gasteiger charge is -2.13. The number of carbonyl (C=O) groups is 1. The van der Waals surface area contributed by atoms with Gasteiger partial charge in [0.25, 0.3) is 0 Å². The van der Waals surface area contributed by atoms with E-state index in [9.17, 15) is 15.0 Å². The van der Waals surface area contributed by atoms with E-state index < -0.39 is 12.2 Å². The summed E-state index contributed by atoms with van der Waals surface area (Å²) in [6.07, 6.45) is -2.01. The van der Waals surface area contributed by atoms with Crippen molar-refractivity contribution < 1.29 is 15.0 Å². The summed E-state index contributed by atoms with van der Waals surface area (Å²) in [6.45, 7) is 1.46. The largest absolute Gasteiger partial charge is 0.389 e. The average molecular weight is 235 g/mol. The average Bonchev–Trinajstić information content (AvgIpc) is 2.64. The van der Waals surface area contributed by atoms with Crippen molar-refractivity contribution in [1.82, 2.24) is 0 Å². The van der Waals surface area contributed by atoms with Crippen LogP contribution in [-0.2, 0) is 0 Å². The summed E-state index contributed by atoms with van der Waals surface area (Å²) in [6, 6.07) is 1.58. The molecule has 2 unspecified atom stereocenters. The maximum absolute atomic E-state index is 11.0. The van der Waals surface area contributed by atoms with Gasteiger partial charge in [-0.15, -0.1) is 22.9 Å². The summed E-state index contributed by atoms with van der Waals surface area (Å²) >= 11 is 6.64. The van der Waals surface area contributed by atoms with Crippen LogP contribution in [0.25, 0.3) is 0 Å². The van der Waals surface area contributed by atoms with E-state index in [0.29, 0.717) is 10.4 Å². The Morgan fingerprint density at radius 1 is 1.64 bits per heavy atom. The first-order valence-corrected chi connectivity index (χ1v) is 5.49. The molecule has 0 radical (unpaired) electrons. The molecule has 2 N–H and O–H groups in total. The summed E-state index contributed by atoms with van der Waals surface area (Å²) in [4.78, 5) is 11.5. The van der Waals surface area contributed by atoms with Gasteiger partial charge in [0.1, 0.15) is 6.10 Å². The van der Waals surface area contributed by atoms with E-state index in [0.717, 1.165) is 0 Å². The third-order valence-electron chi connectivity index (χ3n) is 1.83. The first kappa shape index (κ1) is 11.7. The first-order chi connectivity index (χ1) is 6.56. The Hall–Kier alpha value is -0.420. The Kier molecular flexibility index (Phi) is 4.07. The van der Waals surface area contributed by atoms with Gasteiger partial charge in [0.2, 0.25) is 0 Å². The molecule has 1 rings (SSSR count). The van der Waals surface area contributed by atoms with Crippen molar-refractivity contribution in [3.05, 3.63) is 21.9 Å². The molecule has 0 aliphatic rings. The predicted octanol–water partition coefficient (Wildman–Crippen LogP) is 1.58. The van der Waals surface area contributed by atoms with E-state index in [-0.39, 0.29) is 11.7 Å². The molecular formula is C9H11ClO3S. The Morgan fingerprint density at radius 2 is 2.29 bits per heavy atom. The highest BCUT2D eigenvalue weighted by atomic mass is 35.5. The van der Waals surface area contributed by atoms with Gasteiger partial charge >= 0.3 is 0 Å². The molecule has 3 nitrogen and oxygen atoms in total. The zero-order chi connectivity index (χ0) is 10.7. The Morgan fingerprint density at radius 3 is 2.71 bits per heavy atom. The lowest BCUT2D eigenvalue weighted by molar-refractivity contribution is 0.0329. The van der Waals surface area contributed by atoms with Crippen LogP contribution in [0.2, 0.25) is 0 Å². The zero-order valence-corrected chi connectivity index (χ0v) is 9.18. The van der Waals surface area contributed by atoms with Crippen LogP contribution < -0.4 is 0 Å². The molecule has 0 fully saturated rings. The van der Waals surface area contributed by atoms with Gasteiger partial charge in [-0.1, -0.05) is 0 Å². The monoisotopic (exact) mass is 234 g/mol. The lowest BCUT2D eigenvalue weighted by Crippen LogP contribution is -2.19. The second kappa shape index (κ2) is 4.89. The number of ketones is 1. The molecule has 1 heterocycles. The molecule has 78 valence electrons. The molecule has 14 heavy (non-hydrogen) atoms. The normalized spacial score (nSPS) is 15.1. The van der Waals surface area contributed by atoms with Crippen molar-refractivity contribution in [2.75, 3.05) is 5.88 Å². The number of hydrogen-bond donors (Lipinski definition) is 2. The van der Waals surface area contributed by atoms with Crippen LogP contribution in [0, 0.1) is 0 Å². The number of Topliss-reactive ketones (excluding diaryl/α,β-unsaturated/α-hetero) is 1. The van der Waals surface area contributed by atoms with Gasteiger partial charge < -0.3 is 10.2 Å². The topological polar surface area (TPSA) is 57.5 Å². The fraction of sp³-hybridized carbons (Fsp3) is 0.444. The third-order valence-corrected chi connectivity index (χ3v) is 3.20. The highest BCUT2D eigenvalue weighted by Crippen LogP contribution is 2.24. The Labute approximate surface area is 90.9 Å². The summed E-state index contributed by atoms with van der Waals surface area (Å²) in [7, 11) is 0. The molecule has 2 atom stereocenters. The smallest absolute Gasteiger partial charge is 0.169 e. The molecule has 0 aliphatic carbocycles. The molecule has 5 heteroatoms. The van der Waals surface area contributed by atoms with Gasteiger partial charge in [0.15, 0.2) is 5.78 Å². The van der Waals surface area contributed by atoms with Gasteiger partial charge in [-0.05, 0) is 23.9 Å². The van der Waals surface area contributed by atoms with Crippen LogP contribution in [-0.4, -0.2) is 28.0 Å². The molecule has 0 saturated carbocycles. The molecular weight excluding hydrogens is 224 g/mol. The SMILES string of the molecule is CC(=O)c1cc(C(O)C(O)CCl)cs1. The van der Waals surface area contributed by atoms with E-state index in [1.165, 1.54) is 18.3 Å². The lowest BCUT2D eigenvalue weighted by atomic mass is 10.1. The van der Waals surface area contributed by atoms with Crippen LogP contribution >= 0.6 is 22.9 Å². The number of aliphatic hydroxyl groups is 2. The summed E-state index contributed by atoms with van der Waals surface area (Å²) < 4.78 is 0. The minimum atomic E-state index is -1.02. The molecule has 0 amide bonds. The fourth-order valence-electron chi connectivity index (χ4n) is 0.997. The van der Waals surface area contributed by atoms with Gasteiger partial charge in [-0.3, -0.25) is 4.79 Å². The van der Waals surface area contributed by atoms with E-state index in [1.54, 1.807) is 11.4 Å². The molecule has 0 bridgehead atoms. The van der Waals surface area contributed by atoms with Crippen LogP contribution in [0.3, 0.4) is 0 Å². The maximum Gasteiger partial charge on any atom is 0.169 e. The van der Waals surface area contributed by atoms with Gasteiger partial charge in [0, 0.05) is 0 Å². The third kappa shape index (κ3) is 2.54. The fourth-order valence-corrected chi connectivity index (χ4v) is 2.01. The van der Waals surface area contributed by atoms with Gasteiger partial charge in [0.05, 0.1) is 16.9 Å². The number of aliphatic hydroxyl groups excluding tert-OH is 2. The van der Waals surface area contributed by atoms with Crippen molar-refractivity contribution in [3.8, 4) is 0 Å². The van der Waals surface area contributed by atoms with E-state index in [2.05, 4.69) is 0 Å². The maximum atomic E-state index is 11.0. The van der Waals surface area contributed by atoms with Crippen LogP contribution in [0.15, 0.2) is 11.4 Å². The van der Waals surface area contributed by atoms with Crippen LogP contribution in [0.4, 0.5) is 0 Å². The Balaban J connectivity index is 2.81. The molecule has 1 aromatic rings. The van der Waals surface area contributed by atoms with Crippen molar-refractivity contribution in [2.24, 2.45) is 0 Å². The molecule has 0 spiro atoms. The number of rotatable bonds is 4. The number of hydrogen-bond acceptors (Lipinski definition) is 4. The van der Waals surface area contributed by atoms with Gasteiger partial charge in [-0.25, -0.2) is 0 Å². The summed E-state index contributed by atoms with van der Waals surface area (Å²) in [5.41, 5.74) is 0.536. The molecule has 1 aromatic heterocycles. The van der Waals surface area contributed by atoms with Crippen molar-refractivity contribution in [1.29, 1.82) is 0 Å². The van der Waals surface area contributed by atoms with Crippen LogP contribution in [0.5, 0.6) is 0 Å². The number of halogens is 1. The second-order valence-corrected chi connectivity index (χ2v) is 4.19. The molecule has 0 saturated heterocycles. The predicted molar refractivity (Wildman–Crippen MR) is 56.0 cm³/mol. The van der Waals surface area contributed by atoms with Crippen molar-refractivity contribution >= 4 is 28.7 Å². The van der Waals surface area contributed by atoms with Crippen molar-refractivity contribution in [2.45, 2.75) is 19.1 Å². The van der Waals surface area contributed by atoms with Crippen LogP contribution in [0.1, 0.15) is 28.3 Å². The van der Waals surface area contributed by atoms with E-state index >= 15 is 0 Å². The zero-order valence-electron chi connectivity index (χ0n) is 7.61. The first-order valence-electron chi connectivity index (χ1n) is 4.07. The molecule has 0 aromatic carbocycles. The second-order valence-electron chi connectivity index (χ2n) is 2.97. The molecule has 0 aliphatic heterocycles. The summed E-state index contributed by atoms with van der Waals surface area (Å²) in [5, 5.41) is 20.5. The van der Waals surface area contributed by atoms with E-state index in [4.69, 9.17) is 11.6 Å². The van der Waals surface area contributed by atoms with Gasteiger partial charge in [-0.2, -0.15) is 0 Å².